The van der Waals surface area contributed by atoms with E-state index in [-0.39, 0.29) is 11.5 Å². The van der Waals surface area contributed by atoms with Gasteiger partial charge in [0.2, 0.25) is 0 Å². The van der Waals surface area contributed by atoms with Crippen molar-refractivity contribution in [2.75, 3.05) is 26.2 Å². The molecular formula is C18H25N5O2S. The molecule has 0 saturated carbocycles. The number of hydrogen-bond acceptors (Lipinski definition) is 6. The Labute approximate surface area is 157 Å². The maximum Gasteiger partial charge on any atom is 0.287 e. The summed E-state index contributed by atoms with van der Waals surface area (Å²) in [7, 11) is 1.83. The van der Waals surface area contributed by atoms with Gasteiger partial charge in [0, 0.05) is 56.8 Å². The topological polar surface area (TPSA) is 72.3 Å². The number of thiazole rings is 1. The van der Waals surface area contributed by atoms with Gasteiger partial charge in [-0.15, -0.1) is 11.3 Å². The van der Waals surface area contributed by atoms with Crippen molar-refractivity contribution >= 4 is 17.2 Å². The average Bonchev–Trinajstić information content (AvgIpc) is 3.28. The molecule has 0 bridgehead atoms. The number of ether oxygens (including phenoxy) is 1. The van der Waals surface area contributed by atoms with Crippen LogP contribution in [-0.4, -0.2) is 57.2 Å². The molecule has 140 valence electrons. The highest BCUT2D eigenvalue weighted by molar-refractivity contribution is 7.09. The van der Waals surface area contributed by atoms with Gasteiger partial charge in [-0.2, -0.15) is 0 Å². The largest absolute Gasteiger partial charge is 0.372 e. The lowest BCUT2D eigenvalue weighted by Gasteiger charge is -2.50. The van der Waals surface area contributed by atoms with Crippen LogP contribution in [0.4, 0.5) is 0 Å². The van der Waals surface area contributed by atoms with Crippen LogP contribution in [0, 0.1) is 12.8 Å². The first-order valence-electron chi connectivity index (χ1n) is 9.08. The molecule has 4 heterocycles. The van der Waals surface area contributed by atoms with E-state index in [0.29, 0.717) is 18.3 Å². The normalized spacial score (nSPS) is 21.8. The number of amides is 1. The Morgan fingerprint density at radius 2 is 2.35 bits per heavy atom. The van der Waals surface area contributed by atoms with Crippen molar-refractivity contribution in [3.8, 4) is 0 Å². The van der Waals surface area contributed by atoms with E-state index in [0.717, 1.165) is 44.8 Å². The van der Waals surface area contributed by atoms with Crippen molar-refractivity contribution in [2.24, 2.45) is 13.0 Å². The summed E-state index contributed by atoms with van der Waals surface area (Å²) < 4.78 is 7.86. The van der Waals surface area contributed by atoms with Gasteiger partial charge in [0.1, 0.15) is 5.01 Å². The van der Waals surface area contributed by atoms with Gasteiger partial charge in [-0.25, -0.2) is 9.97 Å². The molecular weight excluding hydrogens is 350 g/mol. The summed E-state index contributed by atoms with van der Waals surface area (Å²) in [4.78, 5) is 23.2. The van der Waals surface area contributed by atoms with Crippen LogP contribution < -0.4 is 5.32 Å². The third-order valence-electron chi connectivity index (χ3n) is 5.41. The highest BCUT2D eigenvalue weighted by Crippen LogP contribution is 2.42. The Morgan fingerprint density at radius 3 is 3.04 bits per heavy atom. The lowest BCUT2D eigenvalue weighted by molar-refractivity contribution is -0.136. The fraction of sp³-hybridized carbons (Fsp3) is 0.611. The summed E-state index contributed by atoms with van der Waals surface area (Å²) in [6.45, 7) is 6.35. The van der Waals surface area contributed by atoms with Crippen LogP contribution in [0.5, 0.6) is 0 Å². The Bertz CT molecular complexity index is 780. The molecule has 0 unspecified atom stereocenters. The van der Waals surface area contributed by atoms with Gasteiger partial charge in [-0.1, -0.05) is 0 Å². The van der Waals surface area contributed by atoms with Crippen molar-refractivity contribution in [1.29, 1.82) is 0 Å². The molecule has 2 aromatic heterocycles. The summed E-state index contributed by atoms with van der Waals surface area (Å²) in [5.74, 6) is 0.842. The fourth-order valence-electron chi connectivity index (χ4n) is 4.05. The van der Waals surface area contributed by atoms with Crippen LogP contribution in [0.2, 0.25) is 0 Å². The van der Waals surface area contributed by atoms with Crippen LogP contribution >= 0.6 is 11.3 Å². The van der Waals surface area contributed by atoms with Gasteiger partial charge in [-0.3, -0.25) is 9.69 Å². The number of likely N-dealkylation sites (tertiary alicyclic amines) is 1. The molecule has 2 fully saturated rings. The number of imidazole rings is 1. The number of rotatable bonds is 6. The number of nitrogens with zero attached hydrogens (tertiary/aromatic N) is 4. The Balaban J connectivity index is 1.25. The minimum atomic E-state index is -0.111. The second-order valence-corrected chi connectivity index (χ2v) is 8.28. The number of aromatic nitrogens is 3. The Hall–Kier alpha value is -1.77. The Kier molecular flexibility index (Phi) is 4.81. The number of hydrogen-bond donors (Lipinski definition) is 1. The minimum Gasteiger partial charge on any atom is -0.372 e. The van der Waals surface area contributed by atoms with Gasteiger partial charge in [0.15, 0.2) is 5.82 Å². The summed E-state index contributed by atoms with van der Waals surface area (Å²) in [5.41, 5.74) is 1.07. The first-order valence-corrected chi connectivity index (χ1v) is 9.96. The molecule has 1 amide bonds. The number of carbonyl (C=O) groups is 1. The van der Waals surface area contributed by atoms with Crippen molar-refractivity contribution in [3.05, 3.63) is 34.3 Å². The van der Waals surface area contributed by atoms with E-state index in [1.807, 2.05) is 14.0 Å². The van der Waals surface area contributed by atoms with Gasteiger partial charge >= 0.3 is 0 Å². The van der Waals surface area contributed by atoms with E-state index in [4.69, 9.17) is 4.74 Å². The zero-order valence-corrected chi connectivity index (χ0v) is 16.1. The van der Waals surface area contributed by atoms with E-state index in [2.05, 4.69) is 25.6 Å². The first kappa shape index (κ1) is 17.6. The predicted octanol–water partition coefficient (Wildman–Crippen LogP) is 1.60. The third-order valence-corrected chi connectivity index (χ3v) is 6.36. The molecule has 1 atom stereocenters. The number of carbonyl (C=O) groups excluding carboxylic acids is 1. The average molecular weight is 375 g/mol. The highest BCUT2D eigenvalue weighted by atomic mass is 32.1. The second kappa shape index (κ2) is 7.09. The van der Waals surface area contributed by atoms with Crippen molar-refractivity contribution in [2.45, 2.75) is 31.9 Å². The van der Waals surface area contributed by atoms with Crippen LogP contribution in [0.1, 0.15) is 34.2 Å². The number of aryl methyl sites for hydroxylation is 2. The predicted molar refractivity (Wildman–Crippen MR) is 99.1 cm³/mol. The SMILES string of the molecule is Cc1csc(CN2CC3(C2)OCC[C@H]3CCNC(=O)c2nccn2C)n1. The van der Waals surface area contributed by atoms with Gasteiger partial charge in [-0.05, 0) is 25.7 Å². The van der Waals surface area contributed by atoms with E-state index in [9.17, 15) is 4.79 Å². The monoisotopic (exact) mass is 375 g/mol. The van der Waals surface area contributed by atoms with Crippen molar-refractivity contribution in [3.63, 3.8) is 0 Å². The molecule has 8 heteroatoms. The highest BCUT2D eigenvalue weighted by Gasteiger charge is 2.52. The summed E-state index contributed by atoms with van der Waals surface area (Å²) in [5, 5.41) is 6.27. The van der Waals surface area contributed by atoms with Crippen molar-refractivity contribution in [1.82, 2.24) is 24.8 Å². The van der Waals surface area contributed by atoms with Crippen molar-refractivity contribution < 1.29 is 9.53 Å². The first-order chi connectivity index (χ1) is 12.6. The lowest BCUT2D eigenvalue weighted by Crippen LogP contribution is -2.64. The molecule has 0 aliphatic carbocycles. The Morgan fingerprint density at radius 1 is 1.50 bits per heavy atom. The van der Waals surface area contributed by atoms with Crippen LogP contribution in [0.25, 0.3) is 0 Å². The lowest BCUT2D eigenvalue weighted by atomic mass is 9.79. The molecule has 0 radical (unpaired) electrons. The number of nitrogens with one attached hydrogen (secondary N) is 1. The van der Waals surface area contributed by atoms with Crippen LogP contribution in [-0.2, 0) is 18.3 Å². The summed E-state index contributed by atoms with van der Waals surface area (Å²) in [6, 6.07) is 0. The minimum absolute atomic E-state index is 0.0275. The molecule has 2 aliphatic rings. The van der Waals surface area contributed by atoms with E-state index in [1.165, 1.54) is 5.01 Å². The van der Waals surface area contributed by atoms with Gasteiger partial charge < -0.3 is 14.6 Å². The van der Waals surface area contributed by atoms with E-state index >= 15 is 0 Å². The quantitative estimate of drug-likeness (QED) is 0.830. The van der Waals surface area contributed by atoms with E-state index in [1.54, 1.807) is 28.3 Å². The molecule has 0 aromatic carbocycles. The van der Waals surface area contributed by atoms with Crippen LogP contribution in [0.15, 0.2) is 17.8 Å². The maximum absolute atomic E-state index is 12.2. The molecule has 2 saturated heterocycles. The molecule has 1 spiro atoms. The third kappa shape index (κ3) is 3.41. The standard InChI is InChI=1S/C18H25N5O2S/c1-13-10-26-15(21-13)9-23-11-18(12-23)14(4-8-25-18)3-5-20-17(24)16-19-6-7-22(16)2/h6-7,10,14H,3-5,8-9,11-12H2,1-2H3,(H,20,24)/t14-/m1/s1. The van der Waals surface area contributed by atoms with Gasteiger partial charge in [0.05, 0.1) is 12.1 Å². The molecule has 7 nitrogen and oxygen atoms in total. The van der Waals surface area contributed by atoms with Gasteiger partial charge in [0.25, 0.3) is 5.91 Å². The summed E-state index contributed by atoms with van der Waals surface area (Å²) in [6.07, 6.45) is 5.44. The second-order valence-electron chi connectivity index (χ2n) is 7.33. The molecule has 1 N–H and O–H groups in total. The molecule has 2 aromatic rings. The molecule has 2 aliphatic heterocycles. The fourth-order valence-corrected chi connectivity index (χ4v) is 4.87. The molecule has 26 heavy (non-hydrogen) atoms. The summed E-state index contributed by atoms with van der Waals surface area (Å²) >= 11 is 1.73. The zero-order valence-electron chi connectivity index (χ0n) is 15.3. The van der Waals surface area contributed by atoms with E-state index < -0.39 is 0 Å². The van der Waals surface area contributed by atoms with Crippen LogP contribution in [0.3, 0.4) is 0 Å². The zero-order chi connectivity index (χ0) is 18.1. The maximum atomic E-state index is 12.2. The smallest absolute Gasteiger partial charge is 0.287 e. The molecule has 4 rings (SSSR count).